The highest BCUT2D eigenvalue weighted by atomic mass is 32.1. The summed E-state index contributed by atoms with van der Waals surface area (Å²) < 4.78 is 1.22. The van der Waals surface area contributed by atoms with Gasteiger partial charge in [0.25, 0.3) is 0 Å². The van der Waals surface area contributed by atoms with E-state index in [9.17, 15) is 5.11 Å². The molecule has 2 aromatic carbocycles. The normalized spacial score (nSPS) is 12.8. The van der Waals surface area contributed by atoms with Crippen molar-refractivity contribution in [1.29, 1.82) is 0 Å². The standard InChI is InChI=1S/C17H16OS/c1-11-7-12(2)9-13(8-11)17(18)15-10-19-16-6-4-3-5-14(15)16/h3-10,17-18H,1-2H3. The Morgan fingerprint density at radius 1 is 1.00 bits per heavy atom. The first-order valence-corrected chi connectivity index (χ1v) is 7.25. The lowest BCUT2D eigenvalue weighted by atomic mass is 9.98. The molecule has 0 aliphatic carbocycles. The summed E-state index contributed by atoms with van der Waals surface area (Å²) >= 11 is 1.69. The fraction of sp³-hybridized carbons (Fsp3) is 0.176. The second-order valence-corrected chi connectivity index (χ2v) is 5.92. The smallest absolute Gasteiger partial charge is 0.105 e. The van der Waals surface area contributed by atoms with Crippen LogP contribution in [0.5, 0.6) is 0 Å². The molecule has 3 rings (SSSR count). The summed E-state index contributed by atoms with van der Waals surface area (Å²) in [5, 5.41) is 13.8. The van der Waals surface area contributed by atoms with Crippen LogP contribution in [0, 0.1) is 13.8 Å². The van der Waals surface area contributed by atoms with Gasteiger partial charge in [0.15, 0.2) is 0 Å². The van der Waals surface area contributed by atoms with E-state index in [-0.39, 0.29) is 0 Å². The van der Waals surface area contributed by atoms with Gasteiger partial charge in [-0.3, -0.25) is 0 Å². The molecule has 3 aromatic rings. The van der Waals surface area contributed by atoms with Gasteiger partial charge in [-0.05, 0) is 36.2 Å². The maximum absolute atomic E-state index is 10.6. The molecule has 1 atom stereocenters. The average molecular weight is 268 g/mol. The predicted octanol–water partition coefficient (Wildman–Crippen LogP) is 4.60. The Bertz CT molecular complexity index is 707. The first-order chi connectivity index (χ1) is 9.15. The van der Waals surface area contributed by atoms with Crippen LogP contribution < -0.4 is 0 Å². The topological polar surface area (TPSA) is 20.2 Å². The molecule has 1 heterocycles. The molecule has 1 nitrogen and oxygen atoms in total. The van der Waals surface area contributed by atoms with Crippen LogP contribution in [0.3, 0.4) is 0 Å². The zero-order valence-corrected chi connectivity index (χ0v) is 11.9. The van der Waals surface area contributed by atoms with Crippen molar-refractivity contribution in [1.82, 2.24) is 0 Å². The molecule has 0 bridgehead atoms. The molecule has 0 saturated carbocycles. The third-order valence-corrected chi connectivity index (χ3v) is 4.35. The third kappa shape index (κ3) is 2.29. The van der Waals surface area contributed by atoms with Gasteiger partial charge in [-0.1, -0.05) is 47.5 Å². The summed E-state index contributed by atoms with van der Waals surface area (Å²) in [5.41, 5.74) is 4.36. The largest absolute Gasteiger partial charge is 0.384 e. The quantitative estimate of drug-likeness (QED) is 0.720. The van der Waals surface area contributed by atoms with Crippen molar-refractivity contribution in [2.45, 2.75) is 20.0 Å². The molecule has 1 aromatic heterocycles. The van der Waals surface area contributed by atoms with Crippen molar-refractivity contribution in [2.75, 3.05) is 0 Å². The Morgan fingerprint density at radius 3 is 2.42 bits per heavy atom. The summed E-state index contributed by atoms with van der Waals surface area (Å²) in [6.07, 6.45) is -0.547. The maximum atomic E-state index is 10.6. The van der Waals surface area contributed by atoms with E-state index in [0.29, 0.717) is 0 Å². The van der Waals surface area contributed by atoms with E-state index >= 15 is 0 Å². The van der Waals surface area contributed by atoms with E-state index in [1.54, 1.807) is 11.3 Å². The number of fused-ring (bicyclic) bond motifs is 1. The van der Waals surface area contributed by atoms with Gasteiger partial charge in [0, 0.05) is 10.3 Å². The van der Waals surface area contributed by atoms with Gasteiger partial charge in [0.05, 0.1) is 0 Å². The van der Waals surface area contributed by atoms with Crippen molar-refractivity contribution in [3.05, 3.63) is 70.1 Å². The summed E-state index contributed by atoms with van der Waals surface area (Å²) in [4.78, 5) is 0. The van der Waals surface area contributed by atoms with Gasteiger partial charge in [-0.15, -0.1) is 11.3 Å². The minimum Gasteiger partial charge on any atom is -0.384 e. The van der Waals surface area contributed by atoms with Crippen molar-refractivity contribution in [3.63, 3.8) is 0 Å². The zero-order valence-electron chi connectivity index (χ0n) is 11.1. The molecule has 0 spiro atoms. The minimum atomic E-state index is -0.547. The van der Waals surface area contributed by atoms with Gasteiger partial charge in [-0.2, -0.15) is 0 Å². The lowest BCUT2D eigenvalue weighted by Gasteiger charge is -2.12. The van der Waals surface area contributed by atoms with E-state index in [1.165, 1.54) is 15.8 Å². The number of hydrogen-bond acceptors (Lipinski definition) is 2. The monoisotopic (exact) mass is 268 g/mol. The fourth-order valence-electron chi connectivity index (χ4n) is 2.56. The van der Waals surface area contributed by atoms with Crippen LogP contribution in [-0.4, -0.2) is 5.11 Å². The van der Waals surface area contributed by atoms with Gasteiger partial charge in [0.1, 0.15) is 6.10 Å². The lowest BCUT2D eigenvalue weighted by molar-refractivity contribution is 0.222. The van der Waals surface area contributed by atoms with Crippen molar-refractivity contribution < 1.29 is 5.11 Å². The van der Waals surface area contributed by atoms with Crippen LogP contribution in [0.25, 0.3) is 10.1 Å². The molecule has 0 fully saturated rings. The first kappa shape index (κ1) is 12.4. The second-order valence-electron chi connectivity index (χ2n) is 5.01. The van der Waals surface area contributed by atoms with Crippen LogP contribution in [0.15, 0.2) is 47.8 Å². The van der Waals surface area contributed by atoms with E-state index in [2.05, 4.69) is 49.6 Å². The van der Waals surface area contributed by atoms with Gasteiger partial charge in [-0.25, -0.2) is 0 Å². The molecule has 19 heavy (non-hydrogen) atoms. The molecule has 0 aliphatic rings. The molecule has 0 amide bonds. The SMILES string of the molecule is Cc1cc(C)cc(C(O)c2csc3ccccc23)c1. The number of rotatable bonds is 2. The summed E-state index contributed by atoms with van der Waals surface area (Å²) in [6, 6.07) is 14.5. The Balaban J connectivity index is 2.10. The van der Waals surface area contributed by atoms with Crippen LogP contribution in [0.2, 0.25) is 0 Å². The molecule has 0 saturated heterocycles. The van der Waals surface area contributed by atoms with Gasteiger partial charge >= 0.3 is 0 Å². The van der Waals surface area contributed by atoms with Crippen molar-refractivity contribution in [2.24, 2.45) is 0 Å². The average Bonchev–Trinajstić information content (AvgIpc) is 2.80. The number of thiophene rings is 1. The number of hydrogen-bond donors (Lipinski definition) is 1. The van der Waals surface area contributed by atoms with Crippen molar-refractivity contribution in [3.8, 4) is 0 Å². The molecule has 2 heteroatoms. The number of benzene rings is 2. The summed E-state index contributed by atoms with van der Waals surface area (Å²) in [7, 11) is 0. The molecule has 1 unspecified atom stereocenters. The molecular formula is C17H16OS. The lowest BCUT2D eigenvalue weighted by Crippen LogP contribution is -1.99. The van der Waals surface area contributed by atoms with Crippen molar-refractivity contribution >= 4 is 21.4 Å². The first-order valence-electron chi connectivity index (χ1n) is 6.37. The molecule has 1 N–H and O–H groups in total. The van der Waals surface area contributed by atoms with Crippen LogP contribution in [0.4, 0.5) is 0 Å². The maximum Gasteiger partial charge on any atom is 0.105 e. The molecular weight excluding hydrogens is 252 g/mol. The van der Waals surface area contributed by atoms with Crippen LogP contribution in [-0.2, 0) is 0 Å². The highest BCUT2D eigenvalue weighted by molar-refractivity contribution is 7.17. The Hall–Kier alpha value is -1.64. The highest BCUT2D eigenvalue weighted by Gasteiger charge is 2.15. The number of aryl methyl sites for hydroxylation is 2. The molecule has 0 aliphatic heterocycles. The predicted molar refractivity (Wildman–Crippen MR) is 81.8 cm³/mol. The minimum absolute atomic E-state index is 0.547. The van der Waals surface area contributed by atoms with Gasteiger partial charge in [0.2, 0.25) is 0 Å². The van der Waals surface area contributed by atoms with E-state index in [4.69, 9.17) is 0 Å². The Morgan fingerprint density at radius 2 is 1.68 bits per heavy atom. The number of aliphatic hydroxyl groups excluding tert-OH is 1. The van der Waals surface area contributed by atoms with Gasteiger partial charge < -0.3 is 5.11 Å². The van der Waals surface area contributed by atoms with E-state index in [1.807, 2.05) is 12.1 Å². The highest BCUT2D eigenvalue weighted by Crippen LogP contribution is 2.33. The van der Waals surface area contributed by atoms with E-state index < -0.39 is 6.10 Å². The third-order valence-electron chi connectivity index (χ3n) is 3.37. The molecule has 96 valence electrons. The molecule has 0 radical (unpaired) electrons. The Labute approximate surface area is 117 Å². The van der Waals surface area contributed by atoms with Crippen LogP contribution >= 0.6 is 11.3 Å². The van der Waals surface area contributed by atoms with Crippen LogP contribution in [0.1, 0.15) is 28.4 Å². The summed E-state index contributed by atoms with van der Waals surface area (Å²) in [5.74, 6) is 0. The fourth-order valence-corrected chi connectivity index (χ4v) is 3.54. The van der Waals surface area contributed by atoms with E-state index in [0.717, 1.165) is 16.5 Å². The number of aliphatic hydroxyl groups is 1. The zero-order chi connectivity index (χ0) is 13.4. The Kier molecular flexibility index (Phi) is 3.13. The summed E-state index contributed by atoms with van der Waals surface area (Å²) in [6.45, 7) is 4.13. The second kappa shape index (κ2) is 4.80.